The standard InChI is InChI=1S/C16H23N3O4.C8H9ClN2O2/c1-17-13-7-8-19(9-14(13)23-2)10-15(20)18-12-5-3-11(4-6-12)16(21)22;1-13-8-5(4-12)2-6(9)3-7(10)11-8/h3-6,13-14,17H,7-10H2,1-2H3,(H,18,20)(H,21,22);2-4,7H,10H2,1H3. The Balaban J connectivity index is 0.000000297. The number of ether oxygens (including phenoxy) is 2. The van der Waals surface area contributed by atoms with E-state index in [0.29, 0.717) is 29.6 Å². The van der Waals surface area contributed by atoms with Crippen LogP contribution < -0.4 is 16.4 Å². The first-order valence-electron chi connectivity index (χ1n) is 11.2. The number of nitrogens with zero attached hydrogens (tertiary/aromatic N) is 2. The largest absolute Gasteiger partial charge is 0.481 e. The number of aldehydes is 1. The van der Waals surface area contributed by atoms with Crippen LogP contribution in [0.1, 0.15) is 16.8 Å². The lowest BCUT2D eigenvalue weighted by Crippen LogP contribution is -2.53. The number of aromatic carboxylic acids is 1. The number of hydrogen-bond donors (Lipinski definition) is 4. The Morgan fingerprint density at radius 2 is 2.00 bits per heavy atom. The first-order chi connectivity index (χ1) is 17.2. The number of likely N-dealkylation sites (tertiary alicyclic amines) is 1. The molecule has 2 aliphatic rings. The first-order valence-corrected chi connectivity index (χ1v) is 11.6. The van der Waals surface area contributed by atoms with Crippen LogP contribution >= 0.6 is 11.6 Å². The number of amides is 1. The normalized spacial score (nSPS) is 22.0. The van der Waals surface area contributed by atoms with Crippen molar-refractivity contribution in [1.29, 1.82) is 0 Å². The molecule has 11 nitrogen and oxygen atoms in total. The molecule has 0 saturated carbocycles. The van der Waals surface area contributed by atoms with Gasteiger partial charge in [0.2, 0.25) is 11.8 Å². The van der Waals surface area contributed by atoms with Gasteiger partial charge in [0.1, 0.15) is 6.17 Å². The van der Waals surface area contributed by atoms with Crippen LogP contribution in [0.5, 0.6) is 0 Å². The van der Waals surface area contributed by atoms with Gasteiger partial charge in [0.25, 0.3) is 0 Å². The molecule has 1 aromatic carbocycles. The van der Waals surface area contributed by atoms with Crippen molar-refractivity contribution in [2.45, 2.75) is 24.7 Å². The van der Waals surface area contributed by atoms with Crippen molar-refractivity contribution in [2.24, 2.45) is 10.7 Å². The zero-order valence-electron chi connectivity index (χ0n) is 20.4. The van der Waals surface area contributed by atoms with Gasteiger partial charge in [0, 0.05) is 37.0 Å². The number of carboxylic acids is 1. The molecule has 3 rings (SSSR count). The summed E-state index contributed by atoms with van der Waals surface area (Å²) in [5, 5.41) is 15.2. The number of nitrogens with two attached hydrogens (primary N) is 1. The van der Waals surface area contributed by atoms with Crippen molar-refractivity contribution in [3.8, 4) is 0 Å². The molecule has 2 aliphatic heterocycles. The summed E-state index contributed by atoms with van der Waals surface area (Å²) in [7, 11) is 5.02. The van der Waals surface area contributed by atoms with E-state index in [4.69, 9.17) is 31.9 Å². The molecule has 12 heteroatoms. The van der Waals surface area contributed by atoms with Crippen LogP contribution in [-0.2, 0) is 19.1 Å². The zero-order valence-corrected chi connectivity index (χ0v) is 21.2. The summed E-state index contributed by atoms with van der Waals surface area (Å²) in [5.41, 5.74) is 6.60. The summed E-state index contributed by atoms with van der Waals surface area (Å²) in [6.45, 7) is 1.82. The maximum atomic E-state index is 12.1. The van der Waals surface area contributed by atoms with Crippen LogP contribution in [0.3, 0.4) is 0 Å². The molecule has 1 amide bonds. The summed E-state index contributed by atoms with van der Waals surface area (Å²) in [6.07, 6.45) is 4.03. The van der Waals surface area contributed by atoms with Crippen LogP contribution in [0, 0.1) is 0 Å². The average molecular weight is 522 g/mol. The number of allylic oxidation sites excluding steroid dienone is 2. The third-order valence-corrected chi connectivity index (χ3v) is 5.79. The molecular weight excluding hydrogens is 490 g/mol. The third-order valence-electron chi connectivity index (χ3n) is 5.56. The van der Waals surface area contributed by atoms with Crippen molar-refractivity contribution in [2.75, 3.05) is 46.2 Å². The number of carboxylic acid groups (broad SMARTS) is 1. The van der Waals surface area contributed by atoms with Crippen molar-refractivity contribution < 1.29 is 29.0 Å². The number of aliphatic imine (C=N–C) groups is 1. The van der Waals surface area contributed by atoms with Crippen LogP contribution in [0.25, 0.3) is 0 Å². The van der Waals surface area contributed by atoms with Gasteiger partial charge in [-0.1, -0.05) is 11.6 Å². The molecular formula is C24H32ClN5O6. The molecule has 1 fully saturated rings. The van der Waals surface area contributed by atoms with E-state index in [1.54, 1.807) is 19.2 Å². The van der Waals surface area contributed by atoms with Gasteiger partial charge in [-0.05, 0) is 49.9 Å². The quantitative estimate of drug-likeness (QED) is 0.387. The van der Waals surface area contributed by atoms with E-state index in [0.717, 1.165) is 13.0 Å². The number of carbonyl (C=O) groups is 3. The van der Waals surface area contributed by atoms with E-state index in [2.05, 4.69) is 20.5 Å². The van der Waals surface area contributed by atoms with Gasteiger partial charge in [-0.3, -0.25) is 14.5 Å². The van der Waals surface area contributed by atoms with Gasteiger partial charge in [-0.15, -0.1) is 0 Å². The summed E-state index contributed by atoms with van der Waals surface area (Å²) < 4.78 is 10.3. The number of benzene rings is 1. The highest BCUT2D eigenvalue weighted by Crippen LogP contribution is 2.15. The second kappa shape index (κ2) is 14.5. The smallest absolute Gasteiger partial charge is 0.335 e. The minimum absolute atomic E-state index is 0.0661. The lowest BCUT2D eigenvalue weighted by Gasteiger charge is -2.37. The first kappa shape index (κ1) is 29.1. The fraction of sp³-hybridized carbons (Fsp3) is 0.417. The number of anilines is 1. The number of rotatable bonds is 7. The van der Waals surface area contributed by atoms with Crippen LogP contribution in [0.2, 0.25) is 0 Å². The van der Waals surface area contributed by atoms with E-state index >= 15 is 0 Å². The summed E-state index contributed by atoms with van der Waals surface area (Å²) in [4.78, 5) is 39.5. The number of hydrogen-bond acceptors (Lipinski definition) is 9. The zero-order chi connectivity index (χ0) is 26.7. The third kappa shape index (κ3) is 8.85. The van der Waals surface area contributed by atoms with Gasteiger partial charge in [0.15, 0.2) is 6.29 Å². The predicted octanol–water partition coefficient (Wildman–Crippen LogP) is 1.21. The van der Waals surface area contributed by atoms with Crippen molar-refractivity contribution in [3.63, 3.8) is 0 Å². The fourth-order valence-corrected chi connectivity index (χ4v) is 3.96. The molecule has 3 atom stereocenters. The molecule has 3 unspecified atom stereocenters. The lowest BCUT2D eigenvalue weighted by molar-refractivity contribution is -0.118. The summed E-state index contributed by atoms with van der Waals surface area (Å²) >= 11 is 5.73. The Bertz CT molecular complexity index is 1010. The molecule has 0 aromatic heterocycles. The topological polar surface area (TPSA) is 156 Å². The number of likely N-dealkylation sites (N-methyl/N-ethyl adjacent to an activating group) is 1. The Morgan fingerprint density at radius 3 is 2.56 bits per heavy atom. The lowest BCUT2D eigenvalue weighted by atomic mass is 10.0. The van der Waals surface area contributed by atoms with E-state index < -0.39 is 12.1 Å². The highest BCUT2D eigenvalue weighted by Gasteiger charge is 2.28. The second-order valence-corrected chi connectivity index (χ2v) is 8.46. The molecule has 36 heavy (non-hydrogen) atoms. The minimum Gasteiger partial charge on any atom is -0.481 e. The number of methoxy groups -OCH3 is 2. The summed E-state index contributed by atoms with van der Waals surface area (Å²) in [6, 6.07) is 6.43. The minimum atomic E-state index is -0.985. The second-order valence-electron chi connectivity index (χ2n) is 8.02. The Labute approximate surface area is 215 Å². The molecule has 5 N–H and O–H groups in total. The number of piperidine rings is 1. The van der Waals surface area contributed by atoms with Crippen molar-refractivity contribution in [3.05, 3.63) is 52.6 Å². The number of halogens is 1. The summed E-state index contributed by atoms with van der Waals surface area (Å²) in [5.74, 6) is -0.902. The van der Waals surface area contributed by atoms with Gasteiger partial charge in [-0.2, -0.15) is 0 Å². The highest BCUT2D eigenvalue weighted by atomic mass is 35.5. The molecule has 1 saturated heterocycles. The molecule has 0 bridgehead atoms. The Morgan fingerprint density at radius 1 is 1.31 bits per heavy atom. The van der Waals surface area contributed by atoms with Crippen LogP contribution in [0.4, 0.5) is 5.69 Å². The van der Waals surface area contributed by atoms with Gasteiger partial charge >= 0.3 is 5.97 Å². The molecule has 1 aromatic rings. The van der Waals surface area contributed by atoms with Gasteiger partial charge < -0.3 is 30.9 Å². The molecule has 0 aliphatic carbocycles. The van der Waals surface area contributed by atoms with Crippen LogP contribution in [0.15, 0.2) is 52.0 Å². The SMILES string of the molecule is CNC1CCN(CC(=O)Nc2ccc(C(=O)O)cc2)CC1OC.COC1=NC(N)C=C(Cl)C=C1C=O. The average Bonchev–Trinajstić information content (AvgIpc) is 3.00. The Hall–Kier alpha value is -3.09. The Kier molecular flexibility index (Phi) is 11.7. The highest BCUT2D eigenvalue weighted by molar-refractivity contribution is 6.32. The fourth-order valence-electron chi connectivity index (χ4n) is 3.72. The van der Waals surface area contributed by atoms with E-state index in [9.17, 15) is 14.4 Å². The molecule has 0 spiro atoms. The maximum absolute atomic E-state index is 12.1. The van der Waals surface area contributed by atoms with Crippen molar-refractivity contribution in [1.82, 2.24) is 10.2 Å². The molecule has 196 valence electrons. The van der Waals surface area contributed by atoms with E-state index in [1.165, 1.54) is 31.4 Å². The predicted molar refractivity (Wildman–Crippen MR) is 137 cm³/mol. The van der Waals surface area contributed by atoms with Gasteiger partial charge in [0.05, 0.1) is 30.9 Å². The molecule has 2 heterocycles. The monoisotopic (exact) mass is 521 g/mol. The van der Waals surface area contributed by atoms with Crippen molar-refractivity contribution >= 4 is 41.3 Å². The van der Waals surface area contributed by atoms with E-state index in [-0.39, 0.29) is 35.6 Å². The number of nitrogens with one attached hydrogen (secondary N) is 2. The van der Waals surface area contributed by atoms with E-state index in [1.807, 2.05) is 7.05 Å². The molecule has 0 radical (unpaired) electrons. The maximum Gasteiger partial charge on any atom is 0.335 e. The number of carbonyl (C=O) groups excluding carboxylic acids is 2. The van der Waals surface area contributed by atoms with Gasteiger partial charge in [-0.25, -0.2) is 9.79 Å². The van der Waals surface area contributed by atoms with Crippen LogP contribution in [-0.4, -0.2) is 93.3 Å².